The Kier molecular flexibility index (Phi) is 6.76. The monoisotopic (exact) mass is 384 g/mol. The van der Waals surface area contributed by atoms with Gasteiger partial charge in [-0.25, -0.2) is 0 Å². The van der Waals surface area contributed by atoms with Gasteiger partial charge in [0.1, 0.15) is 0 Å². The number of nitrogens with zero attached hydrogens (tertiary/aromatic N) is 1. The third kappa shape index (κ3) is 5.39. The van der Waals surface area contributed by atoms with Crippen LogP contribution in [0, 0.1) is 5.92 Å². The second-order valence-electron chi connectivity index (χ2n) is 7.18. The summed E-state index contributed by atoms with van der Waals surface area (Å²) < 4.78 is 12.4. The van der Waals surface area contributed by atoms with Crippen molar-refractivity contribution >= 4 is 17.6 Å². The number of carboxylic acid groups (broad SMARTS) is 1. The Bertz CT molecular complexity index is 815. The summed E-state index contributed by atoms with van der Waals surface area (Å²) in [7, 11) is 0. The molecule has 1 aliphatic rings. The quantitative estimate of drug-likeness (QED) is 0.763. The highest BCUT2D eigenvalue weighted by molar-refractivity contribution is 6.04. The molecular formula is C22H25FN2O3. The van der Waals surface area contributed by atoms with E-state index in [0.29, 0.717) is 24.8 Å². The number of alkyl halides is 1. The van der Waals surface area contributed by atoms with E-state index in [1.165, 1.54) is 0 Å². The summed E-state index contributed by atoms with van der Waals surface area (Å²) in [4.78, 5) is 25.7. The van der Waals surface area contributed by atoms with Crippen LogP contribution in [-0.2, 0) is 17.8 Å². The molecule has 1 fully saturated rings. The Morgan fingerprint density at radius 2 is 1.79 bits per heavy atom. The second-order valence-corrected chi connectivity index (χ2v) is 7.18. The third-order valence-electron chi connectivity index (χ3n) is 5.13. The van der Waals surface area contributed by atoms with Crippen molar-refractivity contribution in [2.24, 2.45) is 5.92 Å². The average molecular weight is 384 g/mol. The molecule has 0 saturated carbocycles. The van der Waals surface area contributed by atoms with E-state index in [1.807, 2.05) is 24.3 Å². The van der Waals surface area contributed by atoms with Crippen LogP contribution in [0.25, 0.3) is 0 Å². The first kappa shape index (κ1) is 20.0. The molecule has 0 unspecified atom stereocenters. The number of aryl methyl sites for hydroxylation is 1. The number of hydrogen-bond donors (Lipinski definition) is 2. The number of amides is 1. The van der Waals surface area contributed by atoms with E-state index >= 15 is 0 Å². The van der Waals surface area contributed by atoms with Crippen molar-refractivity contribution in [2.45, 2.75) is 25.8 Å². The molecule has 148 valence electrons. The molecule has 0 atom stereocenters. The Hall–Kier alpha value is -2.73. The second kappa shape index (κ2) is 9.46. The Labute approximate surface area is 164 Å². The van der Waals surface area contributed by atoms with Crippen LogP contribution in [-0.4, -0.2) is 41.6 Å². The predicted molar refractivity (Wildman–Crippen MR) is 106 cm³/mol. The molecule has 2 aromatic rings. The van der Waals surface area contributed by atoms with E-state index in [2.05, 4.69) is 10.2 Å². The van der Waals surface area contributed by atoms with Gasteiger partial charge in [-0.15, -0.1) is 0 Å². The van der Waals surface area contributed by atoms with Gasteiger partial charge < -0.3 is 10.4 Å². The topological polar surface area (TPSA) is 69.6 Å². The van der Waals surface area contributed by atoms with Gasteiger partial charge in [0, 0.05) is 24.2 Å². The van der Waals surface area contributed by atoms with Gasteiger partial charge in [0.05, 0.1) is 12.6 Å². The Morgan fingerprint density at radius 1 is 1.07 bits per heavy atom. The van der Waals surface area contributed by atoms with Crippen molar-refractivity contribution in [1.29, 1.82) is 0 Å². The third-order valence-corrected chi connectivity index (χ3v) is 5.13. The number of halogens is 1. The molecule has 3 rings (SSSR count). The molecular weight excluding hydrogens is 359 g/mol. The first-order chi connectivity index (χ1) is 13.5. The van der Waals surface area contributed by atoms with Crippen LogP contribution in [0.15, 0.2) is 48.5 Å². The fourth-order valence-electron chi connectivity index (χ4n) is 3.48. The predicted octanol–water partition coefficient (Wildman–Crippen LogP) is 3.75. The van der Waals surface area contributed by atoms with Crippen LogP contribution in [0.1, 0.15) is 34.3 Å². The smallest absolute Gasteiger partial charge is 0.306 e. The minimum atomic E-state index is -0.706. The van der Waals surface area contributed by atoms with Gasteiger partial charge in [0.2, 0.25) is 0 Å². The highest BCUT2D eigenvalue weighted by Gasteiger charge is 2.24. The van der Waals surface area contributed by atoms with Crippen molar-refractivity contribution in [3.8, 4) is 0 Å². The molecule has 1 heterocycles. The number of piperidine rings is 1. The Morgan fingerprint density at radius 3 is 2.43 bits per heavy atom. The zero-order valence-electron chi connectivity index (χ0n) is 15.7. The molecule has 0 aromatic heterocycles. The lowest BCUT2D eigenvalue weighted by Crippen LogP contribution is -2.35. The molecule has 0 bridgehead atoms. The van der Waals surface area contributed by atoms with Gasteiger partial charge in [-0.2, -0.15) is 0 Å². The number of rotatable bonds is 7. The van der Waals surface area contributed by atoms with Crippen LogP contribution in [0.4, 0.5) is 10.1 Å². The van der Waals surface area contributed by atoms with Crippen LogP contribution in [0.3, 0.4) is 0 Å². The van der Waals surface area contributed by atoms with Crippen molar-refractivity contribution in [3.05, 3.63) is 65.2 Å². The summed E-state index contributed by atoms with van der Waals surface area (Å²) >= 11 is 0. The van der Waals surface area contributed by atoms with Crippen LogP contribution >= 0.6 is 0 Å². The van der Waals surface area contributed by atoms with E-state index in [1.54, 1.807) is 24.3 Å². The van der Waals surface area contributed by atoms with Crippen molar-refractivity contribution in [1.82, 2.24) is 4.90 Å². The number of benzene rings is 2. The number of anilines is 1. The largest absolute Gasteiger partial charge is 0.481 e. The standard InChI is InChI=1S/C22H25FN2O3/c23-11-8-16-4-6-18(7-5-16)21(26)24-20-3-1-2-17(14-20)15-25-12-9-19(10-13-25)22(27)28/h1-7,14,19H,8-13,15H2,(H,24,26)(H,27,28). The van der Waals surface area contributed by atoms with Gasteiger partial charge in [0.25, 0.3) is 5.91 Å². The van der Waals surface area contributed by atoms with E-state index in [0.717, 1.165) is 36.4 Å². The molecule has 2 N–H and O–H groups in total. The summed E-state index contributed by atoms with van der Waals surface area (Å²) in [6, 6.07) is 14.6. The first-order valence-corrected chi connectivity index (χ1v) is 9.55. The average Bonchev–Trinajstić information content (AvgIpc) is 2.69. The maximum atomic E-state index is 12.4. The van der Waals surface area contributed by atoms with Crippen molar-refractivity contribution < 1.29 is 19.1 Å². The maximum absolute atomic E-state index is 12.4. The molecule has 0 radical (unpaired) electrons. The first-order valence-electron chi connectivity index (χ1n) is 9.55. The molecule has 6 heteroatoms. The van der Waals surface area contributed by atoms with E-state index in [4.69, 9.17) is 5.11 Å². The summed E-state index contributed by atoms with van der Waals surface area (Å²) in [6.45, 7) is 1.85. The van der Waals surface area contributed by atoms with Gasteiger partial charge in [-0.05, 0) is 61.3 Å². The number of aliphatic carboxylic acids is 1. The number of nitrogens with one attached hydrogen (secondary N) is 1. The van der Waals surface area contributed by atoms with E-state index in [9.17, 15) is 14.0 Å². The molecule has 0 aliphatic carbocycles. The number of carbonyl (C=O) groups excluding carboxylic acids is 1. The highest BCUT2D eigenvalue weighted by atomic mass is 19.1. The normalized spacial score (nSPS) is 15.3. The van der Waals surface area contributed by atoms with Gasteiger partial charge >= 0.3 is 5.97 Å². The van der Waals surface area contributed by atoms with Crippen LogP contribution in [0.5, 0.6) is 0 Å². The van der Waals surface area contributed by atoms with Crippen LogP contribution < -0.4 is 5.32 Å². The fraction of sp³-hybridized carbons (Fsp3) is 0.364. The zero-order valence-corrected chi connectivity index (χ0v) is 15.7. The lowest BCUT2D eigenvalue weighted by molar-refractivity contribution is -0.143. The van der Waals surface area contributed by atoms with Gasteiger partial charge in [-0.3, -0.25) is 18.9 Å². The summed E-state index contributed by atoms with van der Waals surface area (Å²) in [6.07, 6.45) is 1.70. The fourth-order valence-corrected chi connectivity index (χ4v) is 3.48. The SMILES string of the molecule is O=C(Nc1cccc(CN2CCC(C(=O)O)CC2)c1)c1ccc(CCF)cc1. The number of hydrogen-bond acceptors (Lipinski definition) is 3. The summed E-state index contributed by atoms with van der Waals surface area (Å²) in [5.41, 5.74) is 3.19. The molecule has 2 aromatic carbocycles. The molecule has 1 aliphatic heterocycles. The maximum Gasteiger partial charge on any atom is 0.306 e. The molecule has 0 spiro atoms. The van der Waals surface area contributed by atoms with Crippen molar-refractivity contribution in [2.75, 3.05) is 25.1 Å². The number of carbonyl (C=O) groups is 2. The lowest BCUT2D eigenvalue weighted by Gasteiger charge is -2.30. The minimum absolute atomic E-state index is 0.203. The molecule has 5 nitrogen and oxygen atoms in total. The summed E-state index contributed by atoms with van der Waals surface area (Å²) in [5.74, 6) is -1.15. The van der Waals surface area contributed by atoms with Crippen LogP contribution in [0.2, 0.25) is 0 Å². The van der Waals surface area contributed by atoms with Gasteiger partial charge in [0.15, 0.2) is 0 Å². The Balaban J connectivity index is 1.57. The van der Waals surface area contributed by atoms with Gasteiger partial charge in [-0.1, -0.05) is 24.3 Å². The van der Waals surface area contributed by atoms with Crippen molar-refractivity contribution in [3.63, 3.8) is 0 Å². The lowest BCUT2D eigenvalue weighted by atomic mass is 9.97. The molecule has 1 amide bonds. The highest BCUT2D eigenvalue weighted by Crippen LogP contribution is 2.20. The number of likely N-dealkylation sites (tertiary alicyclic amines) is 1. The molecule has 28 heavy (non-hydrogen) atoms. The summed E-state index contributed by atoms with van der Waals surface area (Å²) in [5, 5.41) is 12.0. The minimum Gasteiger partial charge on any atom is -0.481 e. The zero-order chi connectivity index (χ0) is 19.9. The molecule has 1 saturated heterocycles. The van der Waals surface area contributed by atoms with E-state index in [-0.39, 0.29) is 11.8 Å². The van der Waals surface area contributed by atoms with E-state index < -0.39 is 12.6 Å². The number of carboxylic acids is 1.